The Morgan fingerprint density at radius 2 is 1.79 bits per heavy atom. The minimum absolute atomic E-state index is 0.0190. The fourth-order valence-electron chi connectivity index (χ4n) is 3.48. The van der Waals surface area contributed by atoms with Crippen LogP contribution in [0.15, 0.2) is 53.0 Å². The lowest BCUT2D eigenvalue weighted by atomic mass is 10.0. The minimum Gasteiger partial charge on any atom is -0.342 e. The van der Waals surface area contributed by atoms with Crippen molar-refractivity contribution in [3.63, 3.8) is 0 Å². The van der Waals surface area contributed by atoms with Crippen molar-refractivity contribution in [3.05, 3.63) is 74.3 Å². The molecule has 0 saturated heterocycles. The first-order valence-electron chi connectivity index (χ1n) is 11.4. The second-order valence-corrected chi connectivity index (χ2v) is 11.7. The number of anilines is 1. The number of hydrogen-bond acceptors (Lipinski definition) is 7. The highest BCUT2D eigenvalue weighted by Gasteiger charge is 2.25. The van der Waals surface area contributed by atoms with Crippen molar-refractivity contribution < 1.29 is 9.59 Å². The zero-order valence-corrected chi connectivity index (χ0v) is 24.4. The smallest absolute Gasteiger partial charge is 0.251 e. The number of carbonyl (C=O) groups is 2. The first-order valence-corrected chi connectivity index (χ1v) is 14.4. The van der Waals surface area contributed by atoms with Gasteiger partial charge in [-0.15, -0.1) is 21.5 Å². The van der Waals surface area contributed by atoms with Gasteiger partial charge in [-0.05, 0) is 36.2 Å². The first kappa shape index (κ1) is 28.4. The molecule has 8 nitrogen and oxygen atoms in total. The summed E-state index contributed by atoms with van der Waals surface area (Å²) in [6, 6.07) is 11.6. The molecular weight excluding hydrogens is 587 g/mol. The Labute approximate surface area is 243 Å². The Morgan fingerprint density at radius 1 is 1.05 bits per heavy atom. The quantitative estimate of drug-likeness (QED) is 0.203. The van der Waals surface area contributed by atoms with Crippen molar-refractivity contribution in [2.24, 2.45) is 13.0 Å². The topological polar surface area (TPSA) is 102 Å². The molecule has 0 aliphatic heterocycles. The summed E-state index contributed by atoms with van der Waals surface area (Å²) < 4.78 is 1.78. The Morgan fingerprint density at radius 3 is 2.47 bits per heavy atom. The number of rotatable bonds is 9. The van der Waals surface area contributed by atoms with Crippen LogP contribution in [0.2, 0.25) is 15.1 Å². The first-order chi connectivity index (χ1) is 18.1. The third-order valence-corrected chi connectivity index (χ3v) is 8.27. The van der Waals surface area contributed by atoms with Crippen molar-refractivity contribution in [2.45, 2.75) is 25.0 Å². The summed E-state index contributed by atoms with van der Waals surface area (Å²) in [6.45, 7) is 3.95. The van der Waals surface area contributed by atoms with Crippen LogP contribution in [-0.2, 0) is 11.8 Å². The molecule has 13 heteroatoms. The van der Waals surface area contributed by atoms with E-state index in [1.54, 1.807) is 35.9 Å². The van der Waals surface area contributed by atoms with E-state index in [0.29, 0.717) is 36.7 Å². The Hall–Kier alpha value is -2.63. The predicted molar refractivity (Wildman–Crippen MR) is 154 cm³/mol. The molecule has 0 fully saturated rings. The fraction of sp³-hybridized carbons (Fsp3) is 0.240. The highest BCUT2D eigenvalue weighted by molar-refractivity contribution is 7.99. The van der Waals surface area contributed by atoms with Crippen molar-refractivity contribution in [1.82, 2.24) is 25.1 Å². The SMILES string of the molecule is CC(C)[C@@H](NC(=O)c1ccc(Cl)c(Cl)c1)c1nnc(SCC(=O)Nc2nc(-c3ccc(Cl)cc3)cs2)n1C. The predicted octanol–water partition coefficient (Wildman–Crippen LogP) is 6.76. The third kappa shape index (κ3) is 6.86. The summed E-state index contributed by atoms with van der Waals surface area (Å²) in [5.74, 6) is 0.184. The molecule has 0 unspecified atom stereocenters. The maximum absolute atomic E-state index is 12.9. The molecule has 198 valence electrons. The van der Waals surface area contributed by atoms with E-state index in [0.717, 1.165) is 11.3 Å². The molecule has 0 aliphatic rings. The van der Waals surface area contributed by atoms with Crippen LogP contribution in [0.3, 0.4) is 0 Å². The van der Waals surface area contributed by atoms with Gasteiger partial charge in [0.15, 0.2) is 16.1 Å². The van der Waals surface area contributed by atoms with Crippen molar-refractivity contribution >= 4 is 74.8 Å². The van der Waals surface area contributed by atoms with Crippen LogP contribution in [0.1, 0.15) is 36.1 Å². The Bertz CT molecular complexity index is 1460. The molecule has 2 N–H and O–H groups in total. The molecule has 0 spiro atoms. The van der Waals surface area contributed by atoms with Gasteiger partial charge >= 0.3 is 0 Å². The van der Waals surface area contributed by atoms with Gasteiger partial charge in [0.25, 0.3) is 5.91 Å². The van der Waals surface area contributed by atoms with E-state index in [4.69, 9.17) is 34.8 Å². The van der Waals surface area contributed by atoms with Crippen LogP contribution < -0.4 is 10.6 Å². The van der Waals surface area contributed by atoms with E-state index >= 15 is 0 Å². The number of nitrogens with one attached hydrogen (secondary N) is 2. The maximum atomic E-state index is 12.9. The standard InChI is InChI=1S/C25H23Cl3N6O2S2/c1-13(2)21(31-23(36)15-6-9-17(27)18(28)10-15)22-32-33-25(34(22)3)38-12-20(35)30-24-29-19(11-37-24)14-4-7-16(26)8-5-14/h4-11,13,21H,12H2,1-3H3,(H,31,36)(H,29,30,35)/t21-/m1/s1. The summed E-state index contributed by atoms with van der Waals surface area (Å²) in [6.07, 6.45) is 0. The van der Waals surface area contributed by atoms with Gasteiger partial charge in [0.05, 0.1) is 27.5 Å². The van der Waals surface area contributed by atoms with Gasteiger partial charge in [-0.1, -0.05) is 72.5 Å². The Kier molecular flexibility index (Phi) is 9.32. The second kappa shape index (κ2) is 12.5. The zero-order chi connectivity index (χ0) is 27.4. The molecule has 4 rings (SSSR count). The van der Waals surface area contributed by atoms with Crippen LogP contribution in [0.5, 0.6) is 0 Å². The molecule has 2 aromatic carbocycles. The molecular formula is C25H23Cl3N6O2S2. The summed E-state index contributed by atoms with van der Waals surface area (Å²) in [7, 11) is 1.80. The van der Waals surface area contributed by atoms with Crippen LogP contribution in [0.4, 0.5) is 5.13 Å². The lowest BCUT2D eigenvalue weighted by Crippen LogP contribution is -2.33. The lowest BCUT2D eigenvalue weighted by Gasteiger charge is -2.21. The second-order valence-electron chi connectivity index (χ2n) is 8.61. The maximum Gasteiger partial charge on any atom is 0.251 e. The summed E-state index contributed by atoms with van der Waals surface area (Å²) >= 11 is 20.6. The van der Waals surface area contributed by atoms with Crippen LogP contribution in [0, 0.1) is 5.92 Å². The molecule has 2 amide bonds. The van der Waals surface area contributed by atoms with Gasteiger partial charge in [-0.2, -0.15) is 0 Å². The summed E-state index contributed by atoms with van der Waals surface area (Å²) in [5.41, 5.74) is 2.06. The van der Waals surface area contributed by atoms with E-state index in [1.807, 2.05) is 31.4 Å². The van der Waals surface area contributed by atoms with E-state index in [-0.39, 0.29) is 23.5 Å². The van der Waals surface area contributed by atoms with Crippen LogP contribution in [-0.4, -0.2) is 37.3 Å². The van der Waals surface area contributed by atoms with E-state index in [2.05, 4.69) is 25.8 Å². The molecule has 0 aliphatic carbocycles. The van der Waals surface area contributed by atoms with Crippen molar-refractivity contribution in [2.75, 3.05) is 11.1 Å². The number of thioether (sulfide) groups is 1. The number of thiazole rings is 1. The number of aromatic nitrogens is 4. The third-order valence-electron chi connectivity index (χ3n) is 5.50. The number of hydrogen-bond donors (Lipinski definition) is 2. The van der Waals surface area contributed by atoms with E-state index in [1.165, 1.54) is 29.2 Å². The minimum atomic E-state index is -0.417. The summed E-state index contributed by atoms with van der Waals surface area (Å²) in [5, 5.41) is 18.6. The van der Waals surface area contributed by atoms with Gasteiger partial charge in [0.1, 0.15) is 0 Å². The molecule has 2 aromatic heterocycles. The molecule has 0 bridgehead atoms. The number of nitrogens with zero attached hydrogens (tertiary/aromatic N) is 4. The Balaban J connectivity index is 1.38. The average molecular weight is 610 g/mol. The molecule has 38 heavy (non-hydrogen) atoms. The van der Waals surface area contributed by atoms with E-state index < -0.39 is 6.04 Å². The van der Waals surface area contributed by atoms with Gasteiger partial charge in [0.2, 0.25) is 5.91 Å². The fourth-order valence-corrected chi connectivity index (χ4v) is 5.36. The molecule has 4 aromatic rings. The average Bonchev–Trinajstić information content (AvgIpc) is 3.49. The zero-order valence-electron chi connectivity index (χ0n) is 20.5. The van der Waals surface area contributed by atoms with Gasteiger partial charge in [-0.25, -0.2) is 4.98 Å². The number of carbonyl (C=O) groups excluding carboxylic acids is 2. The highest BCUT2D eigenvalue weighted by Crippen LogP contribution is 2.28. The number of halogens is 3. The van der Waals surface area contributed by atoms with Gasteiger partial charge in [-0.3, -0.25) is 9.59 Å². The number of amides is 2. The van der Waals surface area contributed by atoms with Gasteiger partial charge in [0, 0.05) is 28.6 Å². The summed E-state index contributed by atoms with van der Waals surface area (Å²) in [4.78, 5) is 29.9. The molecule has 0 radical (unpaired) electrons. The lowest BCUT2D eigenvalue weighted by molar-refractivity contribution is -0.113. The molecule has 0 saturated carbocycles. The van der Waals surface area contributed by atoms with E-state index in [9.17, 15) is 9.59 Å². The highest BCUT2D eigenvalue weighted by atomic mass is 35.5. The normalized spacial score (nSPS) is 12.0. The number of benzene rings is 2. The van der Waals surface area contributed by atoms with Crippen LogP contribution >= 0.6 is 57.9 Å². The van der Waals surface area contributed by atoms with Crippen LogP contribution in [0.25, 0.3) is 11.3 Å². The van der Waals surface area contributed by atoms with Crippen molar-refractivity contribution in [1.29, 1.82) is 0 Å². The van der Waals surface area contributed by atoms with Gasteiger partial charge < -0.3 is 15.2 Å². The molecule has 2 heterocycles. The monoisotopic (exact) mass is 608 g/mol. The largest absolute Gasteiger partial charge is 0.342 e. The molecule has 1 atom stereocenters. The van der Waals surface area contributed by atoms with Crippen molar-refractivity contribution in [3.8, 4) is 11.3 Å².